The van der Waals surface area contributed by atoms with Crippen molar-refractivity contribution < 1.29 is 5.11 Å². The van der Waals surface area contributed by atoms with Crippen LogP contribution in [0.15, 0.2) is 18.2 Å². The second kappa shape index (κ2) is 4.37. The van der Waals surface area contributed by atoms with Crippen molar-refractivity contribution in [2.45, 2.75) is 13.6 Å². The molecule has 0 unspecified atom stereocenters. The second-order valence-electron chi connectivity index (χ2n) is 3.46. The van der Waals surface area contributed by atoms with Gasteiger partial charge in [-0.2, -0.15) is 0 Å². The van der Waals surface area contributed by atoms with Crippen LogP contribution in [0.25, 0.3) is 11.0 Å². The van der Waals surface area contributed by atoms with Crippen LogP contribution in [0.5, 0.6) is 0 Å². The lowest BCUT2D eigenvalue weighted by molar-refractivity contribution is 0.285. The van der Waals surface area contributed by atoms with Gasteiger partial charge in [-0.15, -0.1) is 5.10 Å². The molecule has 0 amide bonds. The summed E-state index contributed by atoms with van der Waals surface area (Å²) in [6.45, 7) is 3.29. The third kappa shape index (κ3) is 2.14. The van der Waals surface area contributed by atoms with E-state index in [-0.39, 0.29) is 6.61 Å². The highest BCUT2D eigenvalue weighted by molar-refractivity contribution is 5.74. The largest absolute Gasteiger partial charge is 0.395 e. The predicted octanol–water partition coefficient (Wildman–Crippen LogP) is 0.279. The van der Waals surface area contributed by atoms with Gasteiger partial charge in [0.15, 0.2) is 0 Å². The van der Waals surface area contributed by atoms with Crippen LogP contribution in [-0.4, -0.2) is 33.3 Å². The first-order valence-electron chi connectivity index (χ1n) is 4.92. The van der Waals surface area contributed by atoms with Gasteiger partial charge in [0.2, 0.25) is 0 Å². The van der Waals surface area contributed by atoms with Gasteiger partial charge in [-0.3, -0.25) is 5.32 Å². The molecule has 0 aliphatic heterocycles. The molecule has 0 saturated carbocycles. The highest BCUT2D eigenvalue weighted by Crippen LogP contribution is 2.11. The molecule has 0 atom stereocenters. The molecular formula is C10H14N4O. The van der Waals surface area contributed by atoms with Gasteiger partial charge in [0, 0.05) is 6.54 Å². The van der Waals surface area contributed by atoms with E-state index in [9.17, 15) is 0 Å². The smallest absolute Gasteiger partial charge is 0.113 e. The van der Waals surface area contributed by atoms with Crippen molar-refractivity contribution in [2.24, 2.45) is 0 Å². The highest BCUT2D eigenvalue weighted by Gasteiger charge is 2.02. The molecule has 0 saturated heterocycles. The first-order chi connectivity index (χ1) is 7.31. The molecule has 0 bridgehead atoms. The molecule has 5 heteroatoms. The van der Waals surface area contributed by atoms with Gasteiger partial charge in [-0.25, -0.2) is 4.68 Å². The molecular weight excluding hydrogens is 192 g/mol. The Bertz CT molecular complexity index is 452. The lowest BCUT2D eigenvalue weighted by Crippen LogP contribution is -2.22. The summed E-state index contributed by atoms with van der Waals surface area (Å²) in [5.74, 6) is 0. The monoisotopic (exact) mass is 206 g/mol. The van der Waals surface area contributed by atoms with Crippen LogP contribution in [0.1, 0.15) is 5.56 Å². The van der Waals surface area contributed by atoms with Crippen molar-refractivity contribution in [1.82, 2.24) is 20.3 Å². The summed E-state index contributed by atoms with van der Waals surface area (Å²) >= 11 is 0. The zero-order valence-corrected chi connectivity index (χ0v) is 8.64. The number of aliphatic hydroxyl groups is 1. The van der Waals surface area contributed by atoms with Crippen molar-refractivity contribution >= 4 is 11.0 Å². The Balaban J connectivity index is 2.21. The van der Waals surface area contributed by atoms with Crippen molar-refractivity contribution in [1.29, 1.82) is 0 Å². The lowest BCUT2D eigenvalue weighted by Gasteiger charge is -2.03. The molecule has 2 aromatic rings. The average Bonchev–Trinajstić information content (AvgIpc) is 2.61. The Morgan fingerprint density at radius 3 is 3.13 bits per heavy atom. The quantitative estimate of drug-likeness (QED) is 0.705. The van der Waals surface area contributed by atoms with E-state index in [4.69, 9.17) is 5.11 Å². The number of aliphatic hydroxyl groups excluding tert-OH is 1. The van der Waals surface area contributed by atoms with Crippen LogP contribution in [0.3, 0.4) is 0 Å². The standard InChI is InChI=1S/C10H14N4O/c1-8-2-3-10-9(6-8)12-13-14(10)7-11-4-5-15/h2-3,6,11,15H,4-5,7H2,1H3. The fourth-order valence-electron chi connectivity index (χ4n) is 1.46. The van der Waals surface area contributed by atoms with Crippen LogP contribution >= 0.6 is 0 Å². The fourth-order valence-corrected chi connectivity index (χ4v) is 1.46. The van der Waals surface area contributed by atoms with E-state index < -0.39 is 0 Å². The molecule has 0 fully saturated rings. The first kappa shape index (κ1) is 10.1. The summed E-state index contributed by atoms with van der Waals surface area (Å²) in [5, 5.41) is 19.8. The van der Waals surface area contributed by atoms with Crippen molar-refractivity contribution in [3.63, 3.8) is 0 Å². The molecule has 5 nitrogen and oxygen atoms in total. The molecule has 0 radical (unpaired) electrons. The van der Waals surface area contributed by atoms with Crippen LogP contribution < -0.4 is 5.32 Å². The van der Waals surface area contributed by atoms with Crippen LogP contribution in [0.2, 0.25) is 0 Å². The van der Waals surface area contributed by atoms with E-state index in [0.29, 0.717) is 13.2 Å². The number of nitrogens with one attached hydrogen (secondary N) is 1. The number of fused-ring (bicyclic) bond motifs is 1. The Morgan fingerprint density at radius 2 is 2.33 bits per heavy atom. The van der Waals surface area contributed by atoms with Crippen molar-refractivity contribution in [3.05, 3.63) is 23.8 Å². The van der Waals surface area contributed by atoms with Gasteiger partial charge in [0.1, 0.15) is 5.52 Å². The maximum absolute atomic E-state index is 8.64. The van der Waals surface area contributed by atoms with Crippen LogP contribution in [-0.2, 0) is 6.67 Å². The summed E-state index contributed by atoms with van der Waals surface area (Å²) in [4.78, 5) is 0. The SMILES string of the molecule is Cc1ccc2c(c1)nnn2CNCCO. The van der Waals surface area contributed by atoms with Crippen molar-refractivity contribution in [2.75, 3.05) is 13.2 Å². The lowest BCUT2D eigenvalue weighted by atomic mass is 10.2. The van der Waals surface area contributed by atoms with E-state index in [1.807, 2.05) is 25.1 Å². The van der Waals surface area contributed by atoms with E-state index >= 15 is 0 Å². The van der Waals surface area contributed by atoms with Crippen LogP contribution in [0, 0.1) is 6.92 Å². The molecule has 2 rings (SSSR count). The Kier molecular flexibility index (Phi) is 2.94. The van der Waals surface area contributed by atoms with Gasteiger partial charge in [-0.05, 0) is 24.6 Å². The maximum Gasteiger partial charge on any atom is 0.113 e. The molecule has 1 heterocycles. The summed E-state index contributed by atoms with van der Waals surface area (Å²) in [5.41, 5.74) is 3.09. The summed E-state index contributed by atoms with van der Waals surface area (Å²) in [7, 11) is 0. The Morgan fingerprint density at radius 1 is 1.47 bits per heavy atom. The fraction of sp³-hybridized carbons (Fsp3) is 0.400. The third-order valence-electron chi connectivity index (χ3n) is 2.22. The average molecular weight is 206 g/mol. The summed E-state index contributed by atoms with van der Waals surface area (Å²) in [6.07, 6.45) is 0. The molecule has 0 spiro atoms. The number of benzene rings is 1. The molecule has 0 aliphatic rings. The number of hydrogen-bond donors (Lipinski definition) is 2. The van der Waals surface area contributed by atoms with Gasteiger partial charge < -0.3 is 5.11 Å². The Labute approximate surface area is 87.7 Å². The molecule has 1 aromatic carbocycles. The van der Waals surface area contributed by atoms with Gasteiger partial charge >= 0.3 is 0 Å². The predicted molar refractivity (Wildman–Crippen MR) is 57.4 cm³/mol. The third-order valence-corrected chi connectivity index (χ3v) is 2.22. The zero-order valence-electron chi connectivity index (χ0n) is 8.64. The first-order valence-corrected chi connectivity index (χ1v) is 4.92. The minimum absolute atomic E-state index is 0.131. The number of aromatic nitrogens is 3. The summed E-state index contributed by atoms with van der Waals surface area (Å²) < 4.78 is 1.78. The van der Waals surface area contributed by atoms with E-state index in [1.165, 1.54) is 5.56 Å². The maximum atomic E-state index is 8.64. The molecule has 2 N–H and O–H groups in total. The summed E-state index contributed by atoms with van der Waals surface area (Å²) in [6, 6.07) is 6.05. The van der Waals surface area contributed by atoms with E-state index in [0.717, 1.165) is 11.0 Å². The van der Waals surface area contributed by atoms with Crippen molar-refractivity contribution in [3.8, 4) is 0 Å². The zero-order chi connectivity index (χ0) is 10.7. The van der Waals surface area contributed by atoms with Gasteiger partial charge in [-0.1, -0.05) is 11.3 Å². The molecule has 1 aromatic heterocycles. The normalized spacial score (nSPS) is 11.1. The number of hydrogen-bond acceptors (Lipinski definition) is 4. The molecule has 0 aliphatic carbocycles. The second-order valence-corrected chi connectivity index (χ2v) is 3.46. The van der Waals surface area contributed by atoms with E-state index in [1.54, 1.807) is 4.68 Å². The van der Waals surface area contributed by atoms with Crippen LogP contribution in [0.4, 0.5) is 0 Å². The Hall–Kier alpha value is -1.46. The van der Waals surface area contributed by atoms with Gasteiger partial charge in [0.25, 0.3) is 0 Å². The van der Waals surface area contributed by atoms with Gasteiger partial charge in [0.05, 0.1) is 18.8 Å². The number of rotatable bonds is 4. The molecule has 15 heavy (non-hydrogen) atoms. The van der Waals surface area contributed by atoms with E-state index in [2.05, 4.69) is 15.6 Å². The highest BCUT2D eigenvalue weighted by atomic mass is 16.3. The topological polar surface area (TPSA) is 63.0 Å². The molecule has 80 valence electrons. The number of aryl methyl sites for hydroxylation is 1. The number of nitrogens with zero attached hydrogens (tertiary/aromatic N) is 3. The minimum atomic E-state index is 0.131. The minimum Gasteiger partial charge on any atom is -0.395 e.